The fourth-order valence-corrected chi connectivity index (χ4v) is 2.75. The zero-order valence-corrected chi connectivity index (χ0v) is 13.7. The normalized spacial score (nSPS) is 11.6. The fourth-order valence-electron chi connectivity index (χ4n) is 1.40. The summed E-state index contributed by atoms with van der Waals surface area (Å²) in [6.07, 6.45) is 0.0186. The molecule has 0 saturated heterocycles. The number of rotatable bonds is 7. The van der Waals surface area contributed by atoms with E-state index in [1.165, 1.54) is 14.2 Å². The Kier molecular flexibility index (Phi) is 6.60. The van der Waals surface area contributed by atoms with E-state index in [0.717, 1.165) is 14.3 Å². The SMILES string of the molecule is COC(=O)CCN(C)S(=O)(=O)NCc1cccc(Br)c1. The van der Waals surface area contributed by atoms with Gasteiger partial charge in [0.1, 0.15) is 0 Å². The minimum absolute atomic E-state index is 0.0186. The smallest absolute Gasteiger partial charge is 0.306 e. The molecule has 0 saturated carbocycles. The predicted molar refractivity (Wildman–Crippen MR) is 79.2 cm³/mol. The van der Waals surface area contributed by atoms with Crippen molar-refractivity contribution >= 4 is 32.1 Å². The first-order valence-corrected chi connectivity index (χ1v) is 8.10. The van der Waals surface area contributed by atoms with E-state index in [4.69, 9.17) is 0 Å². The number of ether oxygens (including phenoxy) is 1. The van der Waals surface area contributed by atoms with Crippen LogP contribution in [0.1, 0.15) is 12.0 Å². The Bertz CT molecular complexity index is 562. The monoisotopic (exact) mass is 364 g/mol. The third-order valence-corrected chi connectivity index (χ3v) is 4.62. The summed E-state index contributed by atoms with van der Waals surface area (Å²) in [5.74, 6) is -0.445. The lowest BCUT2D eigenvalue weighted by Crippen LogP contribution is -2.38. The number of nitrogens with zero attached hydrogens (tertiary/aromatic N) is 1. The zero-order valence-electron chi connectivity index (χ0n) is 11.3. The Morgan fingerprint density at radius 2 is 2.15 bits per heavy atom. The molecule has 0 unspecified atom stereocenters. The van der Waals surface area contributed by atoms with Crippen LogP contribution in [-0.4, -0.2) is 39.4 Å². The van der Waals surface area contributed by atoms with Crippen molar-refractivity contribution in [3.05, 3.63) is 34.3 Å². The third kappa shape index (κ3) is 5.58. The van der Waals surface area contributed by atoms with Gasteiger partial charge in [0.15, 0.2) is 0 Å². The number of hydrogen-bond donors (Lipinski definition) is 1. The summed E-state index contributed by atoms with van der Waals surface area (Å²) in [5, 5.41) is 0. The second-order valence-electron chi connectivity index (χ2n) is 4.10. The molecule has 0 aliphatic rings. The molecule has 1 aromatic carbocycles. The first kappa shape index (κ1) is 17.1. The first-order chi connectivity index (χ1) is 9.35. The van der Waals surface area contributed by atoms with Crippen LogP contribution in [-0.2, 0) is 26.3 Å². The number of halogens is 1. The second kappa shape index (κ2) is 7.72. The third-order valence-electron chi connectivity index (χ3n) is 2.62. The van der Waals surface area contributed by atoms with Gasteiger partial charge in [-0.2, -0.15) is 17.4 Å². The summed E-state index contributed by atoms with van der Waals surface area (Å²) in [5.41, 5.74) is 0.837. The standard InChI is InChI=1S/C12H17BrN2O4S/c1-15(7-6-12(16)19-2)20(17,18)14-9-10-4-3-5-11(13)8-10/h3-5,8,14H,6-7,9H2,1-2H3. The fraction of sp³-hybridized carbons (Fsp3) is 0.417. The average Bonchev–Trinajstić information content (AvgIpc) is 2.42. The van der Waals surface area contributed by atoms with Crippen molar-refractivity contribution in [1.82, 2.24) is 9.03 Å². The Morgan fingerprint density at radius 1 is 1.45 bits per heavy atom. The van der Waals surface area contributed by atoms with Gasteiger partial charge >= 0.3 is 5.97 Å². The van der Waals surface area contributed by atoms with Crippen LogP contribution in [0, 0.1) is 0 Å². The van der Waals surface area contributed by atoms with Gasteiger partial charge in [-0.15, -0.1) is 0 Å². The van der Waals surface area contributed by atoms with E-state index in [0.29, 0.717) is 0 Å². The van der Waals surface area contributed by atoms with Crippen molar-refractivity contribution in [3.8, 4) is 0 Å². The van der Waals surface area contributed by atoms with E-state index in [1.54, 1.807) is 0 Å². The molecule has 20 heavy (non-hydrogen) atoms. The van der Waals surface area contributed by atoms with Crippen LogP contribution in [0.15, 0.2) is 28.7 Å². The quantitative estimate of drug-likeness (QED) is 0.739. The van der Waals surface area contributed by atoms with Crippen LogP contribution in [0.2, 0.25) is 0 Å². The largest absolute Gasteiger partial charge is 0.469 e. The molecular weight excluding hydrogens is 348 g/mol. The number of methoxy groups -OCH3 is 1. The molecule has 0 radical (unpaired) electrons. The molecule has 0 aliphatic carbocycles. The maximum absolute atomic E-state index is 11.9. The van der Waals surface area contributed by atoms with Crippen molar-refractivity contribution in [2.24, 2.45) is 0 Å². The number of esters is 1. The van der Waals surface area contributed by atoms with Crippen molar-refractivity contribution in [2.75, 3.05) is 20.7 Å². The Morgan fingerprint density at radius 3 is 2.75 bits per heavy atom. The molecule has 0 fully saturated rings. The van der Waals surface area contributed by atoms with Gasteiger partial charge in [-0.3, -0.25) is 4.79 Å². The summed E-state index contributed by atoms with van der Waals surface area (Å²) in [7, 11) is -0.940. The van der Waals surface area contributed by atoms with Gasteiger partial charge in [-0.1, -0.05) is 28.1 Å². The molecule has 112 valence electrons. The molecule has 0 aliphatic heterocycles. The molecule has 1 aromatic rings. The van der Waals surface area contributed by atoms with Gasteiger partial charge in [0, 0.05) is 24.6 Å². The van der Waals surface area contributed by atoms with Crippen molar-refractivity contribution in [2.45, 2.75) is 13.0 Å². The Labute approximate surface area is 127 Å². The highest BCUT2D eigenvalue weighted by molar-refractivity contribution is 9.10. The Balaban J connectivity index is 2.54. The van der Waals surface area contributed by atoms with Crippen LogP contribution >= 0.6 is 15.9 Å². The molecular formula is C12H17BrN2O4S. The summed E-state index contributed by atoms with van der Waals surface area (Å²) in [6, 6.07) is 7.34. The molecule has 0 heterocycles. The summed E-state index contributed by atoms with van der Waals surface area (Å²) < 4.78 is 32.8. The van der Waals surface area contributed by atoms with Gasteiger partial charge in [-0.25, -0.2) is 0 Å². The highest BCUT2D eigenvalue weighted by Gasteiger charge is 2.18. The van der Waals surface area contributed by atoms with E-state index >= 15 is 0 Å². The number of benzene rings is 1. The highest BCUT2D eigenvalue weighted by atomic mass is 79.9. The summed E-state index contributed by atoms with van der Waals surface area (Å²) in [6.45, 7) is 0.255. The lowest BCUT2D eigenvalue weighted by atomic mass is 10.2. The van der Waals surface area contributed by atoms with Crippen LogP contribution < -0.4 is 4.72 Å². The van der Waals surface area contributed by atoms with Crippen molar-refractivity contribution < 1.29 is 17.9 Å². The maximum Gasteiger partial charge on any atom is 0.306 e. The van der Waals surface area contributed by atoms with E-state index in [2.05, 4.69) is 25.4 Å². The molecule has 0 atom stereocenters. The van der Waals surface area contributed by atoms with E-state index < -0.39 is 16.2 Å². The first-order valence-electron chi connectivity index (χ1n) is 5.87. The molecule has 0 aromatic heterocycles. The number of carbonyl (C=O) groups is 1. The predicted octanol–water partition coefficient (Wildman–Crippen LogP) is 1.28. The van der Waals surface area contributed by atoms with Crippen LogP contribution in [0.3, 0.4) is 0 Å². The maximum atomic E-state index is 11.9. The van der Waals surface area contributed by atoms with Crippen LogP contribution in [0.5, 0.6) is 0 Å². The van der Waals surface area contributed by atoms with E-state index in [-0.39, 0.29) is 19.5 Å². The van der Waals surface area contributed by atoms with Crippen molar-refractivity contribution in [1.29, 1.82) is 0 Å². The summed E-state index contributed by atoms with van der Waals surface area (Å²) in [4.78, 5) is 11.0. The number of nitrogens with one attached hydrogen (secondary N) is 1. The molecule has 8 heteroatoms. The second-order valence-corrected chi connectivity index (χ2v) is 6.88. The lowest BCUT2D eigenvalue weighted by Gasteiger charge is -2.17. The molecule has 0 amide bonds. The van der Waals surface area contributed by atoms with Gasteiger partial charge in [0.05, 0.1) is 13.5 Å². The van der Waals surface area contributed by atoms with Crippen LogP contribution in [0.25, 0.3) is 0 Å². The molecule has 0 bridgehead atoms. The topological polar surface area (TPSA) is 75.7 Å². The average molecular weight is 365 g/mol. The lowest BCUT2D eigenvalue weighted by molar-refractivity contribution is -0.140. The van der Waals surface area contributed by atoms with Gasteiger partial charge < -0.3 is 4.74 Å². The van der Waals surface area contributed by atoms with E-state index in [9.17, 15) is 13.2 Å². The minimum atomic E-state index is -3.61. The molecule has 1 N–H and O–H groups in total. The highest BCUT2D eigenvalue weighted by Crippen LogP contribution is 2.11. The zero-order chi connectivity index (χ0) is 15.2. The summed E-state index contributed by atoms with van der Waals surface area (Å²) >= 11 is 3.32. The van der Waals surface area contributed by atoms with Crippen LogP contribution in [0.4, 0.5) is 0 Å². The van der Waals surface area contributed by atoms with E-state index in [1.807, 2.05) is 24.3 Å². The molecule has 6 nitrogen and oxygen atoms in total. The molecule has 0 spiro atoms. The van der Waals surface area contributed by atoms with Gasteiger partial charge in [0.25, 0.3) is 10.2 Å². The van der Waals surface area contributed by atoms with Gasteiger partial charge in [0.2, 0.25) is 0 Å². The number of hydrogen-bond acceptors (Lipinski definition) is 4. The van der Waals surface area contributed by atoms with Gasteiger partial charge in [-0.05, 0) is 17.7 Å². The molecule has 1 rings (SSSR count). The minimum Gasteiger partial charge on any atom is -0.469 e. The Hall–Kier alpha value is -0.960. The van der Waals surface area contributed by atoms with Crippen molar-refractivity contribution in [3.63, 3.8) is 0 Å². The number of carbonyl (C=O) groups excluding carboxylic acids is 1.